The zero-order chi connectivity index (χ0) is 13.9. The number of nitrogens with zero attached hydrogens (tertiary/aromatic N) is 2. The zero-order valence-corrected chi connectivity index (χ0v) is 12.3. The molecule has 0 radical (unpaired) electrons. The van der Waals surface area contributed by atoms with Gasteiger partial charge in [0.15, 0.2) is 4.34 Å². The zero-order valence-electron chi connectivity index (χ0n) is 10.7. The molecule has 0 fully saturated rings. The van der Waals surface area contributed by atoms with E-state index in [2.05, 4.69) is 20.5 Å². The standard InChI is InChI=1S/C13H12N4OS2/c1-8-6-14-17-12(8)16-11(18)7-19-13-15-9-4-2-3-5-10(9)20-13/h2-6H,7H2,1H3,(H2,14,16,17,18). The number of rotatable bonds is 4. The van der Waals surface area contributed by atoms with Gasteiger partial charge in [-0.2, -0.15) is 5.10 Å². The molecule has 0 aliphatic carbocycles. The van der Waals surface area contributed by atoms with Crippen molar-refractivity contribution in [1.29, 1.82) is 0 Å². The molecule has 2 N–H and O–H groups in total. The Morgan fingerprint density at radius 3 is 3.05 bits per heavy atom. The Balaban J connectivity index is 1.61. The highest BCUT2D eigenvalue weighted by molar-refractivity contribution is 8.01. The van der Waals surface area contributed by atoms with Crippen LogP contribution >= 0.6 is 23.1 Å². The number of carbonyl (C=O) groups is 1. The summed E-state index contributed by atoms with van der Waals surface area (Å²) < 4.78 is 2.04. The minimum Gasteiger partial charge on any atom is -0.310 e. The fourth-order valence-corrected chi connectivity index (χ4v) is 3.56. The van der Waals surface area contributed by atoms with E-state index in [0.29, 0.717) is 11.6 Å². The predicted octanol–water partition coefficient (Wildman–Crippen LogP) is 3.06. The van der Waals surface area contributed by atoms with Crippen LogP contribution in [0.25, 0.3) is 10.2 Å². The van der Waals surface area contributed by atoms with Crippen LogP contribution in [0.5, 0.6) is 0 Å². The van der Waals surface area contributed by atoms with Crippen molar-refractivity contribution < 1.29 is 4.79 Å². The van der Waals surface area contributed by atoms with Crippen LogP contribution in [0.3, 0.4) is 0 Å². The minimum absolute atomic E-state index is 0.0680. The van der Waals surface area contributed by atoms with E-state index >= 15 is 0 Å². The number of thiazole rings is 1. The lowest BCUT2D eigenvalue weighted by atomic mass is 10.3. The van der Waals surface area contributed by atoms with Gasteiger partial charge in [-0.3, -0.25) is 9.89 Å². The fourth-order valence-electron chi connectivity index (χ4n) is 1.69. The summed E-state index contributed by atoms with van der Waals surface area (Å²) in [4.78, 5) is 16.3. The largest absolute Gasteiger partial charge is 0.310 e. The van der Waals surface area contributed by atoms with E-state index in [0.717, 1.165) is 20.1 Å². The summed E-state index contributed by atoms with van der Waals surface area (Å²) in [7, 11) is 0. The van der Waals surface area contributed by atoms with Crippen molar-refractivity contribution in [2.45, 2.75) is 11.3 Å². The maximum absolute atomic E-state index is 11.8. The molecule has 2 aromatic heterocycles. The molecule has 0 aliphatic rings. The topological polar surface area (TPSA) is 70.7 Å². The molecular weight excluding hydrogens is 292 g/mol. The Hall–Kier alpha value is -1.86. The first-order valence-corrected chi connectivity index (χ1v) is 7.81. The number of aryl methyl sites for hydroxylation is 1. The van der Waals surface area contributed by atoms with E-state index in [1.165, 1.54) is 11.8 Å². The molecule has 1 aromatic carbocycles. The number of benzene rings is 1. The number of para-hydroxylation sites is 1. The third-order valence-electron chi connectivity index (χ3n) is 2.69. The molecule has 3 aromatic rings. The van der Waals surface area contributed by atoms with Crippen LogP contribution in [0, 0.1) is 6.92 Å². The van der Waals surface area contributed by atoms with Gasteiger partial charge in [0.2, 0.25) is 5.91 Å². The number of nitrogens with one attached hydrogen (secondary N) is 2. The number of aromatic amines is 1. The molecule has 0 bridgehead atoms. The molecule has 102 valence electrons. The van der Waals surface area contributed by atoms with Gasteiger partial charge in [-0.15, -0.1) is 11.3 Å². The number of anilines is 1. The fraction of sp³-hybridized carbons (Fsp3) is 0.154. The molecule has 0 saturated heterocycles. The second-order valence-corrected chi connectivity index (χ2v) is 6.47. The van der Waals surface area contributed by atoms with Gasteiger partial charge >= 0.3 is 0 Å². The Morgan fingerprint density at radius 1 is 1.45 bits per heavy atom. The van der Waals surface area contributed by atoms with E-state index in [1.54, 1.807) is 17.5 Å². The molecule has 2 heterocycles. The van der Waals surface area contributed by atoms with Crippen molar-refractivity contribution in [2.24, 2.45) is 0 Å². The van der Waals surface area contributed by atoms with Crippen molar-refractivity contribution in [3.05, 3.63) is 36.0 Å². The van der Waals surface area contributed by atoms with Gasteiger partial charge in [0.25, 0.3) is 0 Å². The smallest absolute Gasteiger partial charge is 0.235 e. The van der Waals surface area contributed by atoms with Gasteiger partial charge in [-0.25, -0.2) is 4.98 Å². The Bertz CT molecular complexity index is 717. The lowest BCUT2D eigenvalue weighted by Crippen LogP contribution is -2.14. The maximum atomic E-state index is 11.8. The van der Waals surface area contributed by atoms with E-state index in [4.69, 9.17) is 0 Å². The summed E-state index contributed by atoms with van der Waals surface area (Å²) in [6, 6.07) is 7.96. The first kappa shape index (κ1) is 13.1. The molecule has 7 heteroatoms. The normalized spacial score (nSPS) is 10.8. The molecule has 0 unspecified atom stereocenters. The van der Waals surface area contributed by atoms with Crippen LogP contribution < -0.4 is 5.32 Å². The second kappa shape index (κ2) is 5.64. The van der Waals surface area contributed by atoms with Crippen molar-refractivity contribution >= 4 is 45.0 Å². The summed E-state index contributed by atoms with van der Waals surface area (Å²) in [5.74, 6) is 0.916. The highest BCUT2D eigenvalue weighted by Gasteiger charge is 2.09. The first-order chi connectivity index (χ1) is 9.72. The van der Waals surface area contributed by atoms with E-state index in [-0.39, 0.29) is 5.91 Å². The Morgan fingerprint density at radius 2 is 2.30 bits per heavy atom. The Kier molecular flexibility index (Phi) is 3.70. The van der Waals surface area contributed by atoms with Gasteiger partial charge in [0.05, 0.1) is 22.2 Å². The van der Waals surface area contributed by atoms with Crippen molar-refractivity contribution in [2.75, 3.05) is 11.1 Å². The summed E-state index contributed by atoms with van der Waals surface area (Å²) in [5.41, 5.74) is 1.90. The van der Waals surface area contributed by atoms with Crippen molar-refractivity contribution in [3.63, 3.8) is 0 Å². The monoisotopic (exact) mass is 304 g/mol. The summed E-state index contributed by atoms with van der Waals surface area (Å²) in [6.45, 7) is 1.89. The number of hydrogen-bond donors (Lipinski definition) is 2. The molecule has 0 spiro atoms. The van der Waals surface area contributed by atoms with Gasteiger partial charge in [0, 0.05) is 5.56 Å². The third kappa shape index (κ3) is 2.83. The number of carbonyl (C=O) groups excluding carboxylic acids is 1. The van der Waals surface area contributed by atoms with Gasteiger partial charge in [-0.05, 0) is 19.1 Å². The number of amides is 1. The number of aromatic nitrogens is 3. The highest BCUT2D eigenvalue weighted by atomic mass is 32.2. The van der Waals surface area contributed by atoms with E-state index < -0.39 is 0 Å². The molecule has 20 heavy (non-hydrogen) atoms. The Labute approximate surface area is 123 Å². The minimum atomic E-state index is -0.0680. The molecular formula is C13H12N4OS2. The molecule has 5 nitrogen and oxygen atoms in total. The van der Waals surface area contributed by atoms with Crippen molar-refractivity contribution in [1.82, 2.24) is 15.2 Å². The van der Waals surface area contributed by atoms with E-state index in [9.17, 15) is 4.79 Å². The molecule has 0 saturated carbocycles. The van der Waals surface area contributed by atoms with Crippen LogP contribution in [0.15, 0.2) is 34.8 Å². The molecule has 0 atom stereocenters. The molecule has 1 amide bonds. The van der Waals surface area contributed by atoms with Crippen LogP contribution in [-0.4, -0.2) is 26.8 Å². The van der Waals surface area contributed by atoms with Crippen LogP contribution in [-0.2, 0) is 4.79 Å². The number of thioether (sulfide) groups is 1. The van der Waals surface area contributed by atoms with Crippen LogP contribution in [0.2, 0.25) is 0 Å². The predicted molar refractivity (Wildman–Crippen MR) is 82.3 cm³/mol. The first-order valence-electron chi connectivity index (χ1n) is 6.00. The maximum Gasteiger partial charge on any atom is 0.235 e. The van der Waals surface area contributed by atoms with E-state index in [1.807, 2.05) is 31.2 Å². The van der Waals surface area contributed by atoms with Crippen LogP contribution in [0.1, 0.15) is 5.56 Å². The summed E-state index contributed by atoms with van der Waals surface area (Å²) in [6.07, 6.45) is 1.68. The lowest BCUT2D eigenvalue weighted by molar-refractivity contribution is -0.113. The third-order valence-corrected chi connectivity index (χ3v) is 4.87. The van der Waals surface area contributed by atoms with Gasteiger partial charge in [0.1, 0.15) is 5.82 Å². The molecule has 3 rings (SSSR count). The van der Waals surface area contributed by atoms with Crippen LogP contribution in [0.4, 0.5) is 5.82 Å². The van der Waals surface area contributed by atoms with Gasteiger partial charge in [-0.1, -0.05) is 23.9 Å². The average Bonchev–Trinajstić information content (AvgIpc) is 3.03. The molecule has 0 aliphatic heterocycles. The number of hydrogen-bond acceptors (Lipinski definition) is 5. The highest BCUT2D eigenvalue weighted by Crippen LogP contribution is 2.29. The quantitative estimate of drug-likeness (QED) is 0.727. The lowest BCUT2D eigenvalue weighted by Gasteiger charge is -2.01. The number of H-pyrrole nitrogens is 1. The average molecular weight is 304 g/mol. The van der Waals surface area contributed by atoms with Gasteiger partial charge < -0.3 is 5.32 Å². The summed E-state index contributed by atoms with van der Waals surface area (Å²) >= 11 is 3.05. The summed E-state index contributed by atoms with van der Waals surface area (Å²) in [5, 5.41) is 9.41. The van der Waals surface area contributed by atoms with Crippen molar-refractivity contribution in [3.8, 4) is 0 Å². The second-order valence-electron chi connectivity index (χ2n) is 4.21. The SMILES string of the molecule is Cc1cn[nH]c1NC(=O)CSc1nc2ccccc2s1. The number of fused-ring (bicyclic) bond motifs is 1.